The lowest BCUT2D eigenvalue weighted by Gasteiger charge is -2.28. The second-order valence-electron chi connectivity index (χ2n) is 4.96. The summed E-state index contributed by atoms with van der Waals surface area (Å²) in [7, 11) is 0. The van der Waals surface area contributed by atoms with Crippen molar-refractivity contribution in [3.8, 4) is 18.2 Å². The molecule has 1 unspecified atom stereocenters. The molecule has 0 saturated heterocycles. The Kier molecular flexibility index (Phi) is 4.69. The molecule has 0 bridgehead atoms. The molecule has 0 saturated carbocycles. The minimum Gasteiger partial charge on any atom is -0.207 e. The number of hydrogen-bond acceptors (Lipinski definition) is 3. The first-order valence-electron chi connectivity index (χ1n) is 6.82. The lowest BCUT2D eigenvalue weighted by Crippen LogP contribution is -2.27. The average Bonchev–Trinajstić information content (AvgIpc) is 2.57. The van der Waals surface area contributed by atoms with Crippen LogP contribution in [0.5, 0.6) is 0 Å². The largest absolute Gasteiger partial charge is 0.207 e. The SMILES string of the molecule is N#CCCC(C#N)(c1ccc(F)cc1)c1cccc(F)c1C#N. The van der Waals surface area contributed by atoms with Crippen molar-refractivity contribution in [3.05, 3.63) is 70.8 Å². The van der Waals surface area contributed by atoms with Crippen LogP contribution in [0.15, 0.2) is 42.5 Å². The molecule has 0 amide bonds. The monoisotopic (exact) mass is 307 g/mol. The Labute approximate surface area is 132 Å². The molecule has 5 heteroatoms. The van der Waals surface area contributed by atoms with Gasteiger partial charge in [0.25, 0.3) is 0 Å². The van der Waals surface area contributed by atoms with Gasteiger partial charge in [0.05, 0.1) is 17.7 Å². The molecular weight excluding hydrogens is 296 g/mol. The second-order valence-corrected chi connectivity index (χ2v) is 4.96. The van der Waals surface area contributed by atoms with Gasteiger partial charge in [-0.3, -0.25) is 0 Å². The van der Waals surface area contributed by atoms with Crippen molar-refractivity contribution in [1.29, 1.82) is 15.8 Å². The van der Waals surface area contributed by atoms with E-state index in [1.165, 1.54) is 36.4 Å². The number of rotatable bonds is 4. The van der Waals surface area contributed by atoms with Crippen molar-refractivity contribution in [2.45, 2.75) is 18.3 Å². The van der Waals surface area contributed by atoms with Crippen molar-refractivity contribution >= 4 is 0 Å². The molecule has 0 aliphatic carbocycles. The van der Waals surface area contributed by atoms with Gasteiger partial charge in [0.2, 0.25) is 0 Å². The fourth-order valence-corrected chi connectivity index (χ4v) is 2.59. The molecule has 2 rings (SSSR count). The van der Waals surface area contributed by atoms with E-state index in [-0.39, 0.29) is 24.0 Å². The van der Waals surface area contributed by atoms with Gasteiger partial charge in [-0.05, 0) is 35.7 Å². The summed E-state index contributed by atoms with van der Waals surface area (Å²) in [5, 5.41) is 27.9. The second kappa shape index (κ2) is 6.69. The highest BCUT2D eigenvalue weighted by Crippen LogP contribution is 2.38. The summed E-state index contributed by atoms with van der Waals surface area (Å²) in [5.74, 6) is -1.20. The summed E-state index contributed by atoms with van der Waals surface area (Å²) in [6.45, 7) is 0. The van der Waals surface area contributed by atoms with E-state index in [1.54, 1.807) is 6.07 Å². The van der Waals surface area contributed by atoms with Crippen LogP contribution >= 0.6 is 0 Å². The first-order valence-corrected chi connectivity index (χ1v) is 6.82. The number of hydrogen-bond donors (Lipinski definition) is 0. The van der Waals surface area contributed by atoms with Gasteiger partial charge in [-0.2, -0.15) is 15.8 Å². The van der Waals surface area contributed by atoms with E-state index >= 15 is 0 Å². The van der Waals surface area contributed by atoms with Gasteiger partial charge in [-0.15, -0.1) is 0 Å². The Morgan fingerprint density at radius 1 is 0.957 bits per heavy atom. The normalized spacial score (nSPS) is 12.5. The zero-order valence-electron chi connectivity index (χ0n) is 12.1. The van der Waals surface area contributed by atoms with Crippen molar-refractivity contribution in [1.82, 2.24) is 0 Å². The highest BCUT2D eigenvalue weighted by Gasteiger charge is 2.37. The van der Waals surface area contributed by atoms with Crippen molar-refractivity contribution in [2.75, 3.05) is 0 Å². The van der Waals surface area contributed by atoms with Crippen molar-refractivity contribution in [3.63, 3.8) is 0 Å². The molecule has 1 atom stereocenters. The molecule has 0 aliphatic heterocycles. The predicted molar refractivity (Wildman–Crippen MR) is 78.8 cm³/mol. The molecule has 0 fully saturated rings. The average molecular weight is 307 g/mol. The van der Waals surface area contributed by atoms with Crippen LogP contribution in [0.1, 0.15) is 29.5 Å². The van der Waals surface area contributed by atoms with Crippen LogP contribution in [0.25, 0.3) is 0 Å². The quantitative estimate of drug-likeness (QED) is 0.858. The van der Waals surface area contributed by atoms with Gasteiger partial charge >= 0.3 is 0 Å². The first-order chi connectivity index (χ1) is 11.1. The van der Waals surface area contributed by atoms with E-state index in [2.05, 4.69) is 6.07 Å². The zero-order chi connectivity index (χ0) is 16.9. The van der Waals surface area contributed by atoms with Crippen LogP contribution in [0.2, 0.25) is 0 Å². The maximum atomic E-state index is 14.0. The summed E-state index contributed by atoms with van der Waals surface area (Å²) < 4.78 is 27.2. The molecule has 0 radical (unpaired) electrons. The first kappa shape index (κ1) is 16.1. The van der Waals surface area contributed by atoms with Crippen LogP contribution in [-0.2, 0) is 5.41 Å². The van der Waals surface area contributed by atoms with E-state index in [4.69, 9.17) is 5.26 Å². The predicted octanol–water partition coefficient (Wildman–Crippen LogP) is 3.95. The standard InChI is InChI=1S/C18H11F2N3/c19-14-7-5-13(6-8-14)18(12-23,9-2-10-21)16-3-1-4-17(20)15(16)11-22/h1,3-8H,2,9H2. The Morgan fingerprint density at radius 2 is 1.65 bits per heavy atom. The maximum absolute atomic E-state index is 14.0. The highest BCUT2D eigenvalue weighted by molar-refractivity contribution is 5.53. The minimum absolute atomic E-state index is 0.0340. The number of halogens is 2. The molecule has 3 nitrogen and oxygen atoms in total. The molecule has 0 N–H and O–H groups in total. The van der Waals surface area contributed by atoms with E-state index in [1.807, 2.05) is 6.07 Å². The molecule has 0 aliphatic rings. The number of nitrogens with zero attached hydrogens (tertiary/aromatic N) is 3. The summed E-state index contributed by atoms with van der Waals surface area (Å²) in [5.41, 5.74) is -1.03. The van der Waals surface area contributed by atoms with E-state index in [0.29, 0.717) is 5.56 Å². The third-order valence-corrected chi connectivity index (χ3v) is 3.72. The molecule has 2 aromatic carbocycles. The molecule has 0 heterocycles. The number of nitriles is 3. The molecule has 2 aromatic rings. The summed E-state index contributed by atoms with van der Waals surface area (Å²) in [6, 6.07) is 15.1. The van der Waals surface area contributed by atoms with Crippen LogP contribution in [0, 0.1) is 45.6 Å². The third-order valence-electron chi connectivity index (χ3n) is 3.72. The molecule has 0 aromatic heterocycles. The van der Waals surface area contributed by atoms with Crippen LogP contribution in [-0.4, -0.2) is 0 Å². The molecule has 112 valence electrons. The molecular formula is C18H11F2N3. The highest BCUT2D eigenvalue weighted by atomic mass is 19.1. The third kappa shape index (κ3) is 2.89. The fraction of sp³-hybridized carbons (Fsp3) is 0.167. The minimum atomic E-state index is -1.39. The van der Waals surface area contributed by atoms with Gasteiger partial charge in [-0.1, -0.05) is 24.3 Å². The van der Waals surface area contributed by atoms with Crippen LogP contribution in [0.3, 0.4) is 0 Å². The smallest absolute Gasteiger partial charge is 0.141 e. The van der Waals surface area contributed by atoms with E-state index in [0.717, 1.165) is 6.07 Å². The number of benzene rings is 2. The van der Waals surface area contributed by atoms with Crippen LogP contribution in [0.4, 0.5) is 8.78 Å². The molecule has 23 heavy (non-hydrogen) atoms. The van der Waals surface area contributed by atoms with Crippen molar-refractivity contribution in [2.24, 2.45) is 0 Å². The summed E-state index contributed by atoms with van der Waals surface area (Å²) in [4.78, 5) is 0. The lowest BCUT2D eigenvalue weighted by molar-refractivity contribution is 0.577. The van der Waals surface area contributed by atoms with Gasteiger partial charge in [0.1, 0.15) is 23.1 Å². The lowest BCUT2D eigenvalue weighted by atomic mass is 9.71. The summed E-state index contributed by atoms with van der Waals surface area (Å²) in [6.07, 6.45) is 0.107. The maximum Gasteiger partial charge on any atom is 0.141 e. The van der Waals surface area contributed by atoms with Crippen LogP contribution < -0.4 is 0 Å². The Hall–Kier alpha value is -3.23. The Balaban J connectivity index is 2.76. The summed E-state index contributed by atoms with van der Waals surface area (Å²) >= 11 is 0. The van der Waals surface area contributed by atoms with Gasteiger partial charge in [-0.25, -0.2) is 8.78 Å². The van der Waals surface area contributed by atoms with Gasteiger partial charge in [0.15, 0.2) is 0 Å². The van der Waals surface area contributed by atoms with E-state index in [9.17, 15) is 19.3 Å². The van der Waals surface area contributed by atoms with Gasteiger partial charge in [0, 0.05) is 6.42 Å². The Morgan fingerprint density at radius 3 is 2.22 bits per heavy atom. The topological polar surface area (TPSA) is 71.4 Å². The Bertz CT molecular complexity index is 839. The van der Waals surface area contributed by atoms with E-state index < -0.39 is 17.0 Å². The molecule has 0 spiro atoms. The zero-order valence-corrected chi connectivity index (χ0v) is 12.1. The van der Waals surface area contributed by atoms with Crippen molar-refractivity contribution < 1.29 is 8.78 Å². The fourth-order valence-electron chi connectivity index (χ4n) is 2.59. The van der Waals surface area contributed by atoms with Gasteiger partial charge < -0.3 is 0 Å².